The molecule has 0 atom stereocenters. The Hall–Kier alpha value is -1.22. The molecule has 1 aromatic carbocycles. The van der Waals surface area contributed by atoms with Gasteiger partial charge in [-0.2, -0.15) is 0 Å². The second-order valence-corrected chi connectivity index (χ2v) is 3.80. The Kier molecular flexibility index (Phi) is 5.12. The minimum absolute atomic E-state index is 0.0294. The van der Waals surface area contributed by atoms with E-state index in [9.17, 15) is 4.79 Å². The summed E-state index contributed by atoms with van der Waals surface area (Å²) in [5, 5.41) is 3.25. The summed E-state index contributed by atoms with van der Waals surface area (Å²) < 4.78 is 5.43. The molecule has 0 saturated carbocycles. The van der Waals surface area contributed by atoms with Crippen LogP contribution in [0.4, 0.5) is 5.69 Å². The summed E-state index contributed by atoms with van der Waals surface area (Å²) in [5.41, 5.74) is 0.695. The summed E-state index contributed by atoms with van der Waals surface area (Å²) in [7, 11) is 0. The molecular formula is C12H16ClNO2. The van der Waals surface area contributed by atoms with Crippen molar-refractivity contribution in [3.63, 3.8) is 0 Å². The predicted molar refractivity (Wildman–Crippen MR) is 66.2 cm³/mol. The van der Waals surface area contributed by atoms with Crippen LogP contribution in [0.3, 0.4) is 0 Å². The molecule has 0 bridgehead atoms. The van der Waals surface area contributed by atoms with Gasteiger partial charge in [-0.05, 0) is 24.6 Å². The van der Waals surface area contributed by atoms with Crippen LogP contribution in [0.25, 0.3) is 0 Å². The Balaban J connectivity index is 2.70. The summed E-state index contributed by atoms with van der Waals surface area (Å²) in [5.74, 6) is 0.622. The summed E-state index contributed by atoms with van der Waals surface area (Å²) in [6.45, 7) is 4.47. The molecule has 0 spiro atoms. The van der Waals surface area contributed by atoms with Crippen molar-refractivity contribution in [3.8, 4) is 5.75 Å². The standard InChI is InChI=1S/C12H16ClNO2/c1-3-7-16-11-6-5-9(8-10(11)13)14-12(15)4-2/h5-6,8H,3-4,7H2,1-2H3,(H,14,15). The molecule has 1 aromatic rings. The highest BCUT2D eigenvalue weighted by Gasteiger charge is 2.04. The van der Waals surface area contributed by atoms with Crippen LogP contribution in [0.2, 0.25) is 5.02 Å². The number of hydrogen-bond acceptors (Lipinski definition) is 2. The second kappa shape index (κ2) is 6.38. The molecule has 4 heteroatoms. The fraction of sp³-hybridized carbons (Fsp3) is 0.417. The number of halogens is 1. The van der Waals surface area contributed by atoms with Crippen LogP contribution >= 0.6 is 11.6 Å². The number of anilines is 1. The van der Waals surface area contributed by atoms with E-state index in [1.54, 1.807) is 25.1 Å². The van der Waals surface area contributed by atoms with Crippen LogP contribution in [0.1, 0.15) is 26.7 Å². The average molecular weight is 242 g/mol. The third-order valence-corrected chi connectivity index (χ3v) is 2.29. The summed E-state index contributed by atoms with van der Waals surface area (Å²) in [6, 6.07) is 5.24. The highest BCUT2D eigenvalue weighted by atomic mass is 35.5. The van der Waals surface area contributed by atoms with Gasteiger partial charge in [0, 0.05) is 12.1 Å². The maximum Gasteiger partial charge on any atom is 0.224 e. The Bertz CT molecular complexity index is 366. The Morgan fingerprint density at radius 2 is 2.19 bits per heavy atom. The number of carbonyl (C=O) groups excluding carboxylic acids is 1. The summed E-state index contributed by atoms with van der Waals surface area (Å²) in [4.78, 5) is 11.2. The first-order chi connectivity index (χ1) is 7.67. The lowest BCUT2D eigenvalue weighted by Gasteiger charge is -2.09. The SMILES string of the molecule is CCCOc1ccc(NC(=O)CC)cc1Cl. The molecule has 3 nitrogen and oxygen atoms in total. The van der Waals surface area contributed by atoms with Crippen LogP contribution in [0.15, 0.2) is 18.2 Å². The van der Waals surface area contributed by atoms with Crippen molar-refractivity contribution < 1.29 is 9.53 Å². The van der Waals surface area contributed by atoms with Crippen molar-refractivity contribution in [2.24, 2.45) is 0 Å². The van der Waals surface area contributed by atoms with Crippen LogP contribution in [0, 0.1) is 0 Å². The number of benzene rings is 1. The molecule has 1 amide bonds. The Morgan fingerprint density at radius 1 is 1.44 bits per heavy atom. The van der Waals surface area contributed by atoms with Gasteiger partial charge in [-0.1, -0.05) is 25.4 Å². The maximum absolute atomic E-state index is 11.2. The fourth-order valence-corrected chi connectivity index (χ4v) is 1.39. The van der Waals surface area contributed by atoms with Gasteiger partial charge >= 0.3 is 0 Å². The van der Waals surface area contributed by atoms with E-state index < -0.39 is 0 Å². The first kappa shape index (κ1) is 12.8. The average Bonchev–Trinajstić information content (AvgIpc) is 2.28. The number of hydrogen-bond donors (Lipinski definition) is 1. The lowest BCUT2D eigenvalue weighted by molar-refractivity contribution is -0.115. The van der Waals surface area contributed by atoms with Crippen molar-refractivity contribution in [1.82, 2.24) is 0 Å². The molecular weight excluding hydrogens is 226 g/mol. The number of ether oxygens (including phenoxy) is 1. The third-order valence-electron chi connectivity index (χ3n) is 2.00. The Labute approximate surface area is 101 Å². The molecule has 0 aromatic heterocycles. The Morgan fingerprint density at radius 3 is 2.75 bits per heavy atom. The summed E-state index contributed by atoms with van der Waals surface area (Å²) >= 11 is 6.02. The molecule has 0 unspecified atom stereocenters. The van der Waals surface area contributed by atoms with Crippen molar-refractivity contribution in [2.45, 2.75) is 26.7 Å². The smallest absolute Gasteiger partial charge is 0.224 e. The van der Waals surface area contributed by atoms with E-state index >= 15 is 0 Å². The van der Waals surface area contributed by atoms with Gasteiger partial charge in [0.05, 0.1) is 11.6 Å². The van der Waals surface area contributed by atoms with E-state index in [1.165, 1.54) is 0 Å². The largest absolute Gasteiger partial charge is 0.492 e. The zero-order valence-corrected chi connectivity index (χ0v) is 10.3. The van der Waals surface area contributed by atoms with Gasteiger partial charge in [0.2, 0.25) is 5.91 Å². The number of amides is 1. The molecule has 0 saturated heterocycles. The molecule has 0 fully saturated rings. The van der Waals surface area contributed by atoms with E-state index in [0.29, 0.717) is 29.5 Å². The monoisotopic (exact) mass is 241 g/mol. The van der Waals surface area contributed by atoms with Crippen molar-refractivity contribution in [1.29, 1.82) is 0 Å². The zero-order chi connectivity index (χ0) is 12.0. The van der Waals surface area contributed by atoms with Gasteiger partial charge in [0.15, 0.2) is 0 Å². The first-order valence-corrected chi connectivity index (χ1v) is 5.77. The minimum Gasteiger partial charge on any atom is -0.492 e. The number of carbonyl (C=O) groups is 1. The molecule has 0 heterocycles. The van der Waals surface area contributed by atoms with Gasteiger partial charge in [-0.15, -0.1) is 0 Å². The molecule has 1 N–H and O–H groups in total. The number of rotatable bonds is 5. The van der Waals surface area contributed by atoms with Gasteiger partial charge < -0.3 is 10.1 Å². The molecule has 0 aliphatic rings. The first-order valence-electron chi connectivity index (χ1n) is 5.39. The quantitative estimate of drug-likeness (QED) is 0.857. The van der Waals surface area contributed by atoms with Gasteiger partial charge in [0.1, 0.15) is 5.75 Å². The van der Waals surface area contributed by atoms with Crippen molar-refractivity contribution in [3.05, 3.63) is 23.2 Å². The van der Waals surface area contributed by atoms with Crippen molar-refractivity contribution in [2.75, 3.05) is 11.9 Å². The topological polar surface area (TPSA) is 38.3 Å². The molecule has 0 radical (unpaired) electrons. The van der Waals surface area contributed by atoms with Crippen LogP contribution in [-0.2, 0) is 4.79 Å². The van der Waals surface area contributed by atoms with Crippen molar-refractivity contribution >= 4 is 23.2 Å². The zero-order valence-electron chi connectivity index (χ0n) is 9.55. The maximum atomic E-state index is 11.2. The summed E-state index contributed by atoms with van der Waals surface area (Å²) in [6.07, 6.45) is 1.39. The van der Waals surface area contributed by atoms with Crippen LogP contribution < -0.4 is 10.1 Å². The van der Waals surface area contributed by atoms with Gasteiger partial charge in [0.25, 0.3) is 0 Å². The van der Waals surface area contributed by atoms with Crippen LogP contribution in [0.5, 0.6) is 5.75 Å². The van der Waals surface area contributed by atoms with Gasteiger partial charge in [-0.25, -0.2) is 0 Å². The fourth-order valence-electron chi connectivity index (χ4n) is 1.16. The lowest BCUT2D eigenvalue weighted by Crippen LogP contribution is -2.09. The van der Waals surface area contributed by atoms with E-state index in [2.05, 4.69) is 5.32 Å². The minimum atomic E-state index is -0.0294. The molecule has 0 aliphatic heterocycles. The van der Waals surface area contributed by atoms with Gasteiger partial charge in [-0.3, -0.25) is 4.79 Å². The lowest BCUT2D eigenvalue weighted by atomic mass is 10.3. The third kappa shape index (κ3) is 3.74. The molecule has 16 heavy (non-hydrogen) atoms. The highest BCUT2D eigenvalue weighted by molar-refractivity contribution is 6.32. The second-order valence-electron chi connectivity index (χ2n) is 3.40. The van der Waals surface area contributed by atoms with Crippen LogP contribution in [-0.4, -0.2) is 12.5 Å². The molecule has 1 rings (SSSR count). The molecule has 0 aliphatic carbocycles. The number of nitrogens with one attached hydrogen (secondary N) is 1. The van der Waals surface area contributed by atoms with E-state index in [0.717, 1.165) is 6.42 Å². The van der Waals surface area contributed by atoms with E-state index in [-0.39, 0.29) is 5.91 Å². The van der Waals surface area contributed by atoms with E-state index in [4.69, 9.17) is 16.3 Å². The normalized spacial score (nSPS) is 9.94. The highest BCUT2D eigenvalue weighted by Crippen LogP contribution is 2.27. The van der Waals surface area contributed by atoms with E-state index in [1.807, 2.05) is 6.92 Å². The molecule has 88 valence electrons. The predicted octanol–water partition coefficient (Wildman–Crippen LogP) is 3.48.